The third-order valence-electron chi connectivity index (χ3n) is 5.76. The molecule has 0 N–H and O–H groups in total. The van der Waals surface area contributed by atoms with E-state index in [2.05, 4.69) is 58.7 Å². The number of piperazine rings is 1. The van der Waals surface area contributed by atoms with E-state index in [9.17, 15) is 4.79 Å². The number of benzene rings is 1. The molecular formula is C23H33N5O. The number of hydrogen-bond acceptors (Lipinski definition) is 5. The van der Waals surface area contributed by atoms with Crippen molar-refractivity contribution in [3.05, 3.63) is 46.9 Å². The number of aryl methyl sites for hydroxylation is 2. The maximum atomic E-state index is 12.8. The van der Waals surface area contributed by atoms with E-state index in [0.717, 1.165) is 51.4 Å². The molecule has 1 aliphatic heterocycles. The first-order valence-electron chi connectivity index (χ1n) is 10.6. The van der Waals surface area contributed by atoms with Gasteiger partial charge >= 0.3 is 0 Å². The normalized spacial score (nSPS) is 14.2. The minimum atomic E-state index is -0.0285. The number of hydrogen-bond donors (Lipinski definition) is 0. The van der Waals surface area contributed by atoms with Gasteiger partial charge in [-0.15, -0.1) is 0 Å². The van der Waals surface area contributed by atoms with Gasteiger partial charge in [-0.2, -0.15) is 0 Å². The van der Waals surface area contributed by atoms with Crippen LogP contribution >= 0.6 is 0 Å². The molecule has 1 aromatic heterocycles. The van der Waals surface area contributed by atoms with Crippen molar-refractivity contribution >= 4 is 17.4 Å². The summed E-state index contributed by atoms with van der Waals surface area (Å²) in [6.45, 7) is 12.7. The first-order chi connectivity index (χ1) is 13.9. The van der Waals surface area contributed by atoms with Crippen LogP contribution in [0.5, 0.6) is 0 Å². The third-order valence-corrected chi connectivity index (χ3v) is 5.76. The fourth-order valence-corrected chi connectivity index (χ4v) is 3.77. The van der Waals surface area contributed by atoms with Crippen LogP contribution in [-0.4, -0.2) is 60.5 Å². The number of amides is 1. The molecule has 0 spiro atoms. The van der Waals surface area contributed by atoms with Crippen molar-refractivity contribution in [2.24, 2.45) is 0 Å². The molecule has 1 fully saturated rings. The number of aromatic nitrogens is 2. The van der Waals surface area contributed by atoms with Crippen molar-refractivity contribution in [3.8, 4) is 0 Å². The summed E-state index contributed by atoms with van der Waals surface area (Å²) in [7, 11) is 1.85. The topological polar surface area (TPSA) is 52.6 Å². The first-order valence-corrected chi connectivity index (χ1v) is 10.6. The lowest BCUT2D eigenvalue weighted by Gasteiger charge is -2.37. The van der Waals surface area contributed by atoms with E-state index in [1.165, 1.54) is 16.8 Å². The van der Waals surface area contributed by atoms with Gasteiger partial charge in [-0.05, 0) is 44.4 Å². The molecule has 1 aliphatic rings. The van der Waals surface area contributed by atoms with Gasteiger partial charge in [-0.1, -0.05) is 25.5 Å². The molecule has 2 aromatic rings. The first kappa shape index (κ1) is 21.1. The van der Waals surface area contributed by atoms with E-state index in [1.54, 1.807) is 4.90 Å². The van der Waals surface area contributed by atoms with E-state index < -0.39 is 0 Å². The summed E-state index contributed by atoms with van der Waals surface area (Å²) in [5, 5.41) is 0. The maximum Gasteiger partial charge on any atom is 0.272 e. The van der Waals surface area contributed by atoms with Crippen LogP contribution in [-0.2, 0) is 0 Å². The minimum absolute atomic E-state index is 0.0285. The summed E-state index contributed by atoms with van der Waals surface area (Å²) < 4.78 is 0. The molecule has 0 aliphatic carbocycles. The Kier molecular flexibility index (Phi) is 6.72. The molecule has 6 nitrogen and oxygen atoms in total. The lowest BCUT2D eigenvalue weighted by Crippen LogP contribution is -2.47. The second kappa shape index (κ2) is 9.25. The quantitative estimate of drug-likeness (QED) is 0.748. The maximum absolute atomic E-state index is 12.8. The van der Waals surface area contributed by atoms with Gasteiger partial charge in [-0.3, -0.25) is 4.79 Å². The van der Waals surface area contributed by atoms with Crippen LogP contribution in [0.3, 0.4) is 0 Å². The Hall–Kier alpha value is -2.63. The average Bonchev–Trinajstić information content (AvgIpc) is 2.73. The molecule has 0 atom stereocenters. The van der Waals surface area contributed by atoms with Crippen LogP contribution in [0.2, 0.25) is 0 Å². The molecule has 6 heteroatoms. The fourth-order valence-electron chi connectivity index (χ4n) is 3.77. The Morgan fingerprint density at radius 2 is 1.76 bits per heavy atom. The molecule has 0 unspecified atom stereocenters. The van der Waals surface area contributed by atoms with Crippen LogP contribution in [0.1, 0.15) is 47.2 Å². The van der Waals surface area contributed by atoms with E-state index in [4.69, 9.17) is 0 Å². The Labute approximate surface area is 174 Å². The van der Waals surface area contributed by atoms with Gasteiger partial charge in [0.15, 0.2) is 0 Å². The van der Waals surface area contributed by atoms with Crippen molar-refractivity contribution in [2.75, 3.05) is 49.6 Å². The summed E-state index contributed by atoms with van der Waals surface area (Å²) in [6, 6.07) is 8.35. The molecule has 2 heterocycles. The Bertz CT molecular complexity index is 858. The smallest absolute Gasteiger partial charge is 0.272 e. The summed E-state index contributed by atoms with van der Waals surface area (Å²) in [5.41, 5.74) is 4.48. The van der Waals surface area contributed by atoms with Gasteiger partial charge in [0.25, 0.3) is 5.91 Å². The average molecular weight is 396 g/mol. The fraction of sp³-hybridized carbons (Fsp3) is 0.522. The zero-order chi connectivity index (χ0) is 21.0. The number of unbranched alkanes of at least 4 members (excludes halogenated alkanes) is 1. The molecule has 0 saturated carbocycles. The second-order valence-electron chi connectivity index (χ2n) is 7.93. The van der Waals surface area contributed by atoms with Crippen LogP contribution < -0.4 is 9.80 Å². The number of carbonyl (C=O) groups excluding carboxylic acids is 1. The summed E-state index contributed by atoms with van der Waals surface area (Å²) in [4.78, 5) is 28.2. The Morgan fingerprint density at radius 1 is 1.07 bits per heavy atom. The second-order valence-corrected chi connectivity index (χ2v) is 7.93. The number of anilines is 2. The van der Waals surface area contributed by atoms with Crippen LogP contribution in [0.4, 0.5) is 11.5 Å². The monoisotopic (exact) mass is 395 g/mol. The van der Waals surface area contributed by atoms with E-state index >= 15 is 0 Å². The highest BCUT2D eigenvalue weighted by Crippen LogP contribution is 2.25. The zero-order valence-electron chi connectivity index (χ0n) is 18.4. The van der Waals surface area contributed by atoms with Gasteiger partial charge in [0, 0.05) is 51.5 Å². The van der Waals surface area contributed by atoms with E-state index in [0.29, 0.717) is 11.5 Å². The van der Waals surface area contributed by atoms with Crippen molar-refractivity contribution in [1.82, 2.24) is 14.9 Å². The van der Waals surface area contributed by atoms with Crippen LogP contribution in [0.25, 0.3) is 0 Å². The lowest BCUT2D eigenvalue weighted by atomic mass is 10.1. The van der Waals surface area contributed by atoms with Crippen molar-refractivity contribution < 1.29 is 4.79 Å². The molecule has 1 amide bonds. The number of rotatable bonds is 6. The largest absolute Gasteiger partial charge is 0.368 e. The molecule has 1 saturated heterocycles. The molecule has 1 aromatic carbocycles. The minimum Gasteiger partial charge on any atom is -0.368 e. The molecule has 3 rings (SSSR count). The SMILES string of the molecule is CCCCN(C)C(=O)c1cc(N2CCN(c3cccc(C)c3C)CC2)nc(C)n1. The number of carbonyl (C=O) groups is 1. The highest BCUT2D eigenvalue weighted by Gasteiger charge is 2.22. The summed E-state index contributed by atoms with van der Waals surface area (Å²) in [5.74, 6) is 1.47. The van der Waals surface area contributed by atoms with Gasteiger partial charge in [0.2, 0.25) is 0 Å². The highest BCUT2D eigenvalue weighted by molar-refractivity contribution is 5.92. The molecular weight excluding hydrogens is 362 g/mol. The summed E-state index contributed by atoms with van der Waals surface area (Å²) in [6.07, 6.45) is 2.07. The standard InChI is InChI=1S/C23H33N5O/c1-6-7-11-26(5)23(29)20-16-22(25-19(4)24-20)28-14-12-27(13-15-28)21-10-8-9-17(2)18(21)3/h8-10,16H,6-7,11-15H2,1-5H3. The molecule has 29 heavy (non-hydrogen) atoms. The number of nitrogens with zero attached hydrogens (tertiary/aromatic N) is 5. The summed E-state index contributed by atoms with van der Waals surface area (Å²) >= 11 is 0. The third kappa shape index (κ3) is 4.86. The van der Waals surface area contributed by atoms with Crippen molar-refractivity contribution in [3.63, 3.8) is 0 Å². The predicted molar refractivity (Wildman–Crippen MR) is 119 cm³/mol. The van der Waals surface area contributed by atoms with Crippen LogP contribution in [0, 0.1) is 20.8 Å². The van der Waals surface area contributed by atoms with Gasteiger partial charge in [0.1, 0.15) is 17.3 Å². The Morgan fingerprint density at radius 3 is 2.45 bits per heavy atom. The predicted octanol–water partition coefficient (Wildman–Crippen LogP) is 3.60. The molecule has 0 radical (unpaired) electrons. The van der Waals surface area contributed by atoms with Gasteiger partial charge in [-0.25, -0.2) is 9.97 Å². The van der Waals surface area contributed by atoms with Crippen LogP contribution in [0.15, 0.2) is 24.3 Å². The molecule has 156 valence electrons. The van der Waals surface area contributed by atoms with Crippen molar-refractivity contribution in [1.29, 1.82) is 0 Å². The van der Waals surface area contributed by atoms with Gasteiger partial charge in [0.05, 0.1) is 0 Å². The van der Waals surface area contributed by atoms with E-state index in [1.807, 2.05) is 20.0 Å². The highest BCUT2D eigenvalue weighted by atomic mass is 16.2. The van der Waals surface area contributed by atoms with Crippen molar-refractivity contribution in [2.45, 2.75) is 40.5 Å². The Balaban J connectivity index is 1.71. The zero-order valence-corrected chi connectivity index (χ0v) is 18.4. The van der Waals surface area contributed by atoms with Gasteiger partial charge < -0.3 is 14.7 Å². The van der Waals surface area contributed by atoms with E-state index in [-0.39, 0.29) is 5.91 Å². The molecule has 0 bridgehead atoms. The lowest BCUT2D eigenvalue weighted by molar-refractivity contribution is 0.0787.